The van der Waals surface area contributed by atoms with E-state index in [1.54, 1.807) is 19.9 Å². The molecule has 1 aromatic heterocycles. The number of nitrogens with one attached hydrogen (secondary N) is 3. The molecule has 104 valence electrons. The van der Waals surface area contributed by atoms with Gasteiger partial charge in [-0.2, -0.15) is 0 Å². The normalized spacial score (nSPS) is 20.0. The van der Waals surface area contributed by atoms with Gasteiger partial charge in [0.25, 0.3) is 0 Å². The van der Waals surface area contributed by atoms with E-state index < -0.39 is 6.04 Å². The predicted octanol–water partition coefficient (Wildman–Crippen LogP) is 0.178. The maximum Gasteiger partial charge on any atom is 0.247 e. The average molecular weight is 266 g/mol. The average Bonchev–Trinajstić information content (AvgIpc) is 3.00. The molecule has 0 spiro atoms. The summed E-state index contributed by atoms with van der Waals surface area (Å²) in [7, 11) is 0. The Morgan fingerprint density at radius 3 is 2.95 bits per heavy atom. The van der Waals surface area contributed by atoms with Crippen molar-refractivity contribution in [1.82, 2.24) is 15.8 Å². The lowest BCUT2D eigenvalue weighted by Gasteiger charge is -2.16. The first kappa shape index (κ1) is 13.5. The lowest BCUT2D eigenvalue weighted by atomic mass is 10.2. The van der Waals surface area contributed by atoms with Crippen molar-refractivity contribution in [3.63, 3.8) is 0 Å². The molecule has 0 aliphatic carbocycles. The van der Waals surface area contributed by atoms with Crippen molar-refractivity contribution in [2.75, 3.05) is 11.9 Å². The first-order chi connectivity index (χ1) is 9.06. The SMILES string of the molecule is Cc1cc(NC(=O)[C@H](C)NC(=O)[C@@H]2CCCN2)no1. The molecular formula is C12H18N4O3. The van der Waals surface area contributed by atoms with Crippen LogP contribution in [0.3, 0.4) is 0 Å². The Balaban J connectivity index is 1.83. The molecule has 0 radical (unpaired) electrons. The Kier molecular flexibility index (Phi) is 4.16. The summed E-state index contributed by atoms with van der Waals surface area (Å²) in [4.78, 5) is 23.7. The van der Waals surface area contributed by atoms with Gasteiger partial charge in [-0.3, -0.25) is 9.59 Å². The van der Waals surface area contributed by atoms with Gasteiger partial charge in [0.1, 0.15) is 11.8 Å². The maximum atomic E-state index is 11.8. The summed E-state index contributed by atoms with van der Waals surface area (Å²) in [5.41, 5.74) is 0. The third kappa shape index (κ3) is 3.54. The van der Waals surface area contributed by atoms with Crippen molar-refractivity contribution in [3.8, 4) is 0 Å². The van der Waals surface area contributed by atoms with Crippen LogP contribution >= 0.6 is 0 Å². The first-order valence-electron chi connectivity index (χ1n) is 6.34. The van der Waals surface area contributed by atoms with Gasteiger partial charge < -0.3 is 20.5 Å². The molecule has 1 aromatic rings. The Labute approximate surface area is 111 Å². The zero-order chi connectivity index (χ0) is 13.8. The predicted molar refractivity (Wildman–Crippen MR) is 68.5 cm³/mol. The zero-order valence-electron chi connectivity index (χ0n) is 11.0. The van der Waals surface area contributed by atoms with Gasteiger partial charge in [0.15, 0.2) is 5.82 Å². The molecule has 1 aliphatic rings. The summed E-state index contributed by atoms with van der Waals surface area (Å²) in [6, 6.07) is 0.807. The molecule has 0 unspecified atom stereocenters. The van der Waals surface area contributed by atoms with Crippen molar-refractivity contribution in [3.05, 3.63) is 11.8 Å². The van der Waals surface area contributed by atoms with E-state index in [1.165, 1.54) is 0 Å². The number of aromatic nitrogens is 1. The highest BCUT2D eigenvalue weighted by atomic mass is 16.5. The molecule has 2 rings (SSSR count). The van der Waals surface area contributed by atoms with Crippen LogP contribution in [0.5, 0.6) is 0 Å². The fraction of sp³-hybridized carbons (Fsp3) is 0.583. The Hall–Kier alpha value is -1.89. The fourth-order valence-electron chi connectivity index (χ4n) is 1.95. The largest absolute Gasteiger partial charge is 0.360 e. The summed E-state index contributed by atoms with van der Waals surface area (Å²) in [5, 5.41) is 12.0. The van der Waals surface area contributed by atoms with Gasteiger partial charge >= 0.3 is 0 Å². The van der Waals surface area contributed by atoms with Crippen LogP contribution < -0.4 is 16.0 Å². The quantitative estimate of drug-likeness (QED) is 0.722. The third-order valence-corrected chi connectivity index (χ3v) is 3.01. The minimum atomic E-state index is -0.619. The van der Waals surface area contributed by atoms with E-state index in [2.05, 4.69) is 21.1 Å². The highest BCUT2D eigenvalue weighted by molar-refractivity contribution is 5.96. The standard InChI is InChI=1S/C12H18N4O3/c1-7-6-10(16-19-7)15-11(17)8(2)14-12(18)9-4-3-5-13-9/h6,8-9,13H,3-5H2,1-2H3,(H,14,18)(H,15,16,17)/t8-,9-/m0/s1. The van der Waals surface area contributed by atoms with Crippen molar-refractivity contribution in [1.29, 1.82) is 0 Å². The van der Waals surface area contributed by atoms with Crippen molar-refractivity contribution < 1.29 is 14.1 Å². The molecule has 7 nitrogen and oxygen atoms in total. The molecule has 2 amide bonds. The number of amides is 2. The molecule has 0 saturated carbocycles. The number of aryl methyl sites for hydroxylation is 1. The van der Waals surface area contributed by atoms with Crippen LogP contribution in [-0.4, -0.2) is 35.6 Å². The van der Waals surface area contributed by atoms with Gasteiger partial charge in [0.05, 0.1) is 6.04 Å². The second kappa shape index (κ2) is 5.83. The van der Waals surface area contributed by atoms with E-state index in [4.69, 9.17) is 4.52 Å². The molecule has 0 bridgehead atoms. The minimum Gasteiger partial charge on any atom is -0.360 e. The molecule has 3 N–H and O–H groups in total. The molecule has 1 fully saturated rings. The summed E-state index contributed by atoms with van der Waals surface area (Å²) in [6.07, 6.45) is 1.79. The molecular weight excluding hydrogens is 248 g/mol. The van der Waals surface area contributed by atoms with Crippen molar-refractivity contribution >= 4 is 17.6 Å². The maximum absolute atomic E-state index is 11.8. The van der Waals surface area contributed by atoms with E-state index in [0.717, 1.165) is 19.4 Å². The van der Waals surface area contributed by atoms with Gasteiger partial charge in [0.2, 0.25) is 11.8 Å². The number of nitrogens with zero attached hydrogens (tertiary/aromatic N) is 1. The highest BCUT2D eigenvalue weighted by Crippen LogP contribution is 2.08. The number of carbonyl (C=O) groups is 2. The van der Waals surface area contributed by atoms with Crippen LogP contribution in [0.1, 0.15) is 25.5 Å². The zero-order valence-corrected chi connectivity index (χ0v) is 11.0. The fourth-order valence-corrected chi connectivity index (χ4v) is 1.95. The summed E-state index contributed by atoms with van der Waals surface area (Å²) >= 11 is 0. The minimum absolute atomic E-state index is 0.142. The topological polar surface area (TPSA) is 96.3 Å². The molecule has 2 heterocycles. The van der Waals surface area contributed by atoms with Crippen molar-refractivity contribution in [2.45, 2.75) is 38.8 Å². The summed E-state index contributed by atoms with van der Waals surface area (Å²) in [6.45, 7) is 4.21. The Bertz CT molecular complexity index is 465. The van der Waals surface area contributed by atoms with Gasteiger partial charge in [0, 0.05) is 6.07 Å². The number of hydrogen-bond donors (Lipinski definition) is 3. The number of hydrogen-bond acceptors (Lipinski definition) is 5. The van der Waals surface area contributed by atoms with E-state index >= 15 is 0 Å². The van der Waals surface area contributed by atoms with E-state index in [9.17, 15) is 9.59 Å². The molecule has 0 aromatic carbocycles. The second-order valence-electron chi connectivity index (χ2n) is 4.69. The number of rotatable bonds is 4. The smallest absolute Gasteiger partial charge is 0.247 e. The molecule has 7 heteroatoms. The van der Waals surface area contributed by atoms with Crippen molar-refractivity contribution in [2.24, 2.45) is 0 Å². The van der Waals surface area contributed by atoms with Crippen LogP contribution in [0.4, 0.5) is 5.82 Å². The van der Waals surface area contributed by atoms with E-state index in [1.807, 2.05) is 0 Å². The van der Waals surface area contributed by atoms with Crippen LogP contribution in [0.2, 0.25) is 0 Å². The van der Waals surface area contributed by atoms with Crippen LogP contribution in [0.25, 0.3) is 0 Å². The lowest BCUT2D eigenvalue weighted by Crippen LogP contribution is -2.48. The Morgan fingerprint density at radius 1 is 1.58 bits per heavy atom. The second-order valence-corrected chi connectivity index (χ2v) is 4.69. The van der Waals surface area contributed by atoms with E-state index in [0.29, 0.717) is 11.6 Å². The van der Waals surface area contributed by atoms with Gasteiger partial charge in [-0.15, -0.1) is 0 Å². The van der Waals surface area contributed by atoms with Crippen LogP contribution in [0.15, 0.2) is 10.6 Å². The lowest BCUT2D eigenvalue weighted by molar-refractivity contribution is -0.127. The Morgan fingerprint density at radius 2 is 2.37 bits per heavy atom. The number of anilines is 1. The van der Waals surface area contributed by atoms with Crippen LogP contribution in [0, 0.1) is 6.92 Å². The van der Waals surface area contributed by atoms with Gasteiger partial charge in [-0.05, 0) is 33.2 Å². The highest BCUT2D eigenvalue weighted by Gasteiger charge is 2.25. The molecule has 1 saturated heterocycles. The van der Waals surface area contributed by atoms with Crippen LogP contribution in [-0.2, 0) is 9.59 Å². The molecule has 1 aliphatic heterocycles. The van der Waals surface area contributed by atoms with Gasteiger partial charge in [-0.1, -0.05) is 5.16 Å². The summed E-state index contributed by atoms with van der Waals surface area (Å²) in [5.74, 6) is 0.501. The first-order valence-corrected chi connectivity index (χ1v) is 6.34. The van der Waals surface area contributed by atoms with Gasteiger partial charge in [-0.25, -0.2) is 0 Å². The molecule has 2 atom stereocenters. The molecule has 19 heavy (non-hydrogen) atoms. The number of carbonyl (C=O) groups excluding carboxylic acids is 2. The van der Waals surface area contributed by atoms with E-state index in [-0.39, 0.29) is 17.9 Å². The summed E-state index contributed by atoms with van der Waals surface area (Å²) < 4.78 is 4.85. The monoisotopic (exact) mass is 266 g/mol. The third-order valence-electron chi connectivity index (χ3n) is 3.01.